The summed E-state index contributed by atoms with van der Waals surface area (Å²) in [5.41, 5.74) is 1.41. The fourth-order valence-corrected chi connectivity index (χ4v) is 2.88. The van der Waals surface area contributed by atoms with Gasteiger partial charge in [0, 0.05) is 19.2 Å². The van der Waals surface area contributed by atoms with Crippen LogP contribution in [-0.4, -0.2) is 19.3 Å². The summed E-state index contributed by atoms with van der Waals surface area (Å²) < 4.78 is 5.43. The second-order valence-corrected chi connectivity index (χ2v) is 5.25. The molecule has 100 valence electrons. The first-order valence-electron chi connectivity index (χ1n) is 7.17. The van der Waals surface area contributed by atoms with Crippen molar-refractivity contribution in [2.45, 2.75) is 57.2 Å². The molecule has 1 unspecified atom stereocenters. The SMILES string of the molecule is CCC(NC1CCC(OC)CC1)c1ccccc1. The van der Waals surface area contributed by atoms with Crippen LogP contribution in [0.3, 0.4) is 0 Å². The van der Waals surface area contributed by atoms with Crippen molar-refractivity contribution in [1.29, 1.82) is 0 Å². The molecule has 1 saturated carbocycles. The van der Waals surface area contributed by atoms with Crippen LogP contribution in [0.1, 0.15) is 50.6 Å². The van der Waals surface area contributed by atoms with Gasteiger partial charge >= 0.3 is 0 Å². The molecule has 1 aromatic carbocycles. The van der Waals surface area contributed by atoms with E-state index in [-0.39, 0.29) is 0 Å². The third-order valence-corrected chi connectivity index (χ3v) is 4.05. The number of hydrogen-bond donors (Lipinski definition) is 1. The molecule has 2 nitrogen and oxygen atoms in total. The molecular formula is C16H25NO. The first-order valence-corrected chi connectivity index (χ1v) is 7.17. The quantitative estimate of drug-likeness (QED) is 0.857. The fourth-order valence-electron chi connectivity index (χ4n) is 2.88. The average Bonchev–Trinajstić information content (AvgIpc) is 2.46. The van der Waals surface area contributed by atoms with Crippen molar-refractivity contribution in [3.8, 4) is 0 Å². The number of rotatable bonds is 5. The summed E-state index contributed by atoms with van der Waals surface area (Å²) in [5.74, 6) is 0. The molecule has 0 heterocycles. The normalized spacial score (nSPS) is 25.9. The summed E-state index contributed by atoms with van der Waals surface area (Å²) in [4.78, 5) is 0. The van der Waals surface area contributed by atoms with Crippen LogP contribution in [0, 0.1) is 0 Å². The number of ether oxygens (including phenoxy) is 1. The lowest BCUT2D eigenvalue weighted by Crippen LogP contribution is -2.37. The van der Waals surface area contributed by atoms with Crippen LogP contribution in [0.5, 0.6) is 0 Å². The number of nitrogens with one attached hydrogen (secondary N) is 1. The largest absolute Gasteiger partial charge is 0.381 e. The molecule has 1 aromatic rings. The van der Waals surface area contributed by atoms with Gasteiger partial charge in [0.15, 0.2) is 0 Å². The summed E-state index contributed by atoms with van der Waals surface area (Å²) >= 11 is 0. The van der Waals surface area contributed by atoms with Gasteiger partial charge in [-0.1, -0.05) is 37.3 Å². The molecule has 0 bridgehead atoms. The van der Waals surface area contributed by atoms with Crippen LogP contribution in [0.2, 0.25) is 0 Å². The highest BCUT2D eigenvalue weighted by Gasteiger charge is 2.22. The Morgan fingerprint density at radius 1 is 1.17 bits per heavy atom. The van der Waals surface area contributed by atoms with E-state index in [1.807, 2.05) is 7.11 Å². The number of methoxy groups -OCH3 is 1. The van der Waals surface area contributed by atoms with Gasteiger partial charge in [0.05, 0.1) is 6.10 Å². The van der Waals surface area contributed by atoms with Crippen molar-refractivity contribution in [2.24, 2.45) is 0 Å². The van der Waals surface area contributed by atoms with Gasteiger partial charge in [-0.3, -0.25) is 0 Å². The predicted molar refractivity (Wildman–Crippen MR) is 75.7 cm³/mol. The van der Waals surface area contributed by atoms with E-state index in [1.165, 1.54) is 31.2 Å². The van der Waals surface area contributed by atoms with Gasteiger partial charge in [-0.15, -0.1) is 0 Å². The van der Waals surface area contributed by atoms with E-state index in [1.54, 1.807) is 0 Å². The summed E-state index contributed by atoms with van der Waals surface area (Å²) in [6.45, 7) is 2.26. The first-order chi connectivity index (χ1) is 8.83. The van der Waals surface area contributed by atoms with Crippen LogP contribution >= 0.6 is 0 Å². The lowest BCUT2D eigenvalue weighted by Gasteiger charge is -2.31. The van der Waals surface area contributed by atoms with Gasteiger partial charge in [0.1, 0.15) is 0 Å². The van der Waals surface area contributed by atoms with Crippen molar-refractivity contribution in [3.63, 3.8) is 0 Å². The summed E-state index contributed by atoms with van der Waals surface area (Å²) in [7, 11) is 1.83. The molecule has 0 spiro atoms. The first kappa shape index (κ1) is 13.6. The molecule has 0 saturated heterocycles. The zero-order valence-corrected chi connectivity index (χ0v) is 11.6. The van der Waals surface area contributed by atoms with Crippen molar-refractivity contribution in [2.75, 3.05) is 7.11 Å². The molecule has 1 fully saturated rings. The monoisotopic (exact) mass is 247 g/mol. The lowest BCUT2D eigenvalue weighted by atomic mass is 9.91. The Balaban J connectivity index is 1.88. The maximum atomic E-state index is 5.43. The van der Waals surface area contributed by atoms with Crippen LogP contribution < -0.4 is 5.32 Å². The van der Waals surface area contributed by atoms with Gasteiger partial charge in [-0.25, -0.2) is 0 Å². The van der Waals surface area contributed by atoms with E-state index >= 15 is 0 Å². The maximum Gasteiger partial charge on any atom is 0.0572 e. The van der Waals surface area contributed by atoms with E-state index in [0.29, 0.717) is 18.2 Å². The Hall–Kier alpha value is -0.860. The van der Waals surface area contributed by atoms with E-state index in [9.17, 15) is 0 Å². The van der Waals surface area contributed by atoms with Crippen molar-refractivity contribution < 1.29 is 4.74 Å². The molecule has 18 heavy (non-hydrogen) atoms. The molecule has 0 aliphatic heterocycles. The number of benzene rings is 1. The Bertz CT molecular complexity index is 330. The van der Waals surface area contributed by atoms with E-state index < -0.39 is 0 Å². The Kier molecular flexibility index (Phi) is 5.21. The average molecular weight is 247 g/mol. The molecular weight excluding hydrogens is 222 g/mol. The van der Waals surface area contributed by atoms with Crippen LogP contribution in [0.4, 0.5) is 0 Å². The second-order valence-electron chi connectivity index (χ2n) is 5.25. The lowest BCUT2D eigenvalue weighted by molar-refractivity contribution is 0.0610. The molecule has 2 heteroatoms. The smallest absolute Gasteiger partial charge is 0.0572 e. The zero-order chi connectivity index (χ0) is 12.8. The molecule has 1 aliphatic rings. The van der Waals surface area contributed by atoms with Crippen LogP contribution in [0.25, 0.3) is 0 Å². The van der Waals surface area contributed by atoms with Crippen molar-refractivity contribution in [3.05, 3.63) is 35.9 Å². The van der Waals surface area contributed by atoms with E-state index in [2.05, 4.69) is 42.6 Å². The molecule has 0 amide bonds. The Labute approximate surface area is 111 Å². The maximum absolute atomic E-state index is 5.43. The van der Waals surface area contributed by atoms with Gasteiger partial charge in [0.25, 0.3) is 0 Å². The molecule has 1 N–H and O–H groups in total. The second kappa shape index (κ2) is 6.91. The Morgan fingerprint density at radius 3 is 2.39 bits per heavy atom. The molecule has 0 radical (unpaired) electrons. The van der Waals surface area contributed by atoms with Crippen molar-refractivity contribution in [1.82, 2.24) is 5.32 Å². The minimum atomic E-state index is 0.486. The van der Waals surface area contributed by atoms with E-state index in [0.717, 1.165) is 6.42 Å². The molecule has 2 rings (SSSR count). The molecule has 1 atom stereocenters. The third kappa shape index (κ3) is 3.56. The summed E-state index contributed by atoms with van der Waals surface area (Å²) in [5, 5.41) is 3.81. The molecule has 0 aromatic heterocycles. The van der Waals surface area contributed by atoms with Gasteiger partial charge in [0.2, 0.25) is 0 Å². The van der Waals surface area contributed by atoms with E-state index in [4.69, 9.17) is 4.74 Å². The highest BCUT2D eigenvalue weighted by molar-refractivity contribution is 5.18. The van der Waals surface area contributed by atoms with Gasteiger partial charge in [-0.05, 0) is 37.7 Å². The van der Waals surface area contributed by atoms with Crippen molar-refractivity contribution >= 4 is 0 Å². The zero-order valence-electron chi connectivity index (χ0n) is 11.6. The molecule has 1 aliphatic carbocycles. The summed E-state index contributed by atoms with van der Waals surface area (Å²) in [6.07, 6.45) is 6.50. The van der Waals surface area contributed by atoms with Gasteiger partial charge < -0.3 is 10.1 Å². The highest BCUT2D eigenvalue weighted by Crippen LogP contribution is 2.24. The summed E-state index contributed by atoms with van der Waals surface area (Å²) in [6, 6.07) is 11.9. The topological polar surface area (TPSA) is 21.3 Å². The third-order valence-electron chi connectivity index (χ3n) is 4.05. The standard InChI is InChI=1S/C16H25NO/c1-3-16(13-7-5-4-6-8-13)17-14-9-11-15(18-2)12-10-14/h4-8,14-17H,3,9-12H2,1-2H3. The van der Waals surface area contributed by atoms with Crippen LogP contribution in [0.15, 0.2) is 30.3 Å². The fraction of sp³-hybridized carbons (Fsp3) is 0.625. The minimum absolute atomic E-state index is 0.486. The predicted octanol–water partition coefficient (Wildman–Crippen LogP) is 3.68. The Morgan fingerprint density at radius 2 is 1.83 bits per heavy atom. The van der Waals surface area contributed by atoms with Gasteiger partial charge in [-0.2, -0.15) is 0 Å². The number of hydrogen-bond acceptors (Lipinski definition) is 2. The highest BCUT2D eigenvalue weighted by atomic mass is 16.5. The minimum Gasteiger partial charge on any atom is -0.381 e. The van der Waals surface area contributed by atoms with Crippen LogP contribution in [-0.2, 0) is 4.74 Å².